The van der Waals surface area contributed by atoms with E-state index in [1.807, 2.05) is 29.6 Å². The second-order valence-electron chi connectivity index (χ2n) is 5.69. The van der Waals surface area contributed by atoms with E-state index in [-0.39, 0.29) is 11.7 Å². The van der Waals surface area contributed by atoms with Crippen molar-refractivity contribution in [3.8, 4) is 0 Å². The summed E-state index contributed by atoms with van der Waals surface area (Å²) in [6, 6.07) is 7.63. The van der Waals surface area contributed by atoms with Crippen molar-refractivity contribution in [2.45, 2.75) is 0 Å². The van der Waals surface area contributed by atoms with Crippen molar-refractivity contribution in [1.82, 2.24) is 15.5 Å². The Morgan fingerprint density at radius 1 is 1.28 bits per heavy atom. The van der Waals surface area contributed by atoms with E-state index in [1.54, 1.807) is 18.3 Å². The molecule has 3 aromatic rings. The molecule has 0 saturated carbocycles. The number of H-pyrrole nitrogens is 1. The largest absolute Gasteiger partial charge is 0.507 e. The van der Waals surface area contributed by atoms with Gasteiger partial charge in [-0.15, -0.1) is 11.3 Å². The Balaban J connectivity index is 1.93. The SMILES string of the molecule is C=C1/C(c2ccc3cn[nH]c3c2)=C(O)\C=C/CNC(=O)c2sccc21. The van der Waals surface area contributed by atoms with Gasteiger partial charge in [-0.1, -0.05) is 24.8 Å². The summed E-state index contributed by atoms with van der Waals surface area (Å²) in [6.07, 6.45) is 5.06. The fraction of sp³-hybridized carbons (Fsp3) is 0.0526. The highest BCUT2D eigenvalue weighted by atomic mass is 32.1. The molecule has 0 spiro atoms. The summed E-state index contributed by atoms with van der Waals surface area (Å²) < 4.78 is 0. The van der Waals surface area contributed by atoms with Crippen LogP contribution in [0.2, 0.25) is 0 Å². The van der Waals surface area contributed by atoms with Crippen LogP contribution in [0.5, 0.6) is 0 Å². The van der Waals surface area contributed by atoms with E-state index in [0.29, 0.717) is 22.6 Å². The predicted molar refractivity (Wildman–Crippen MR) is 100 cm³/mol. The molecule has 0 aliphatic carbocycles. The van der Waals surface area contributed by atoms with Crippen LogP contribution in [0, 0.1) is 0 Å². The molecule has 0 saturated heterocycles. The van der Waals surface area contributed by atoms with Gasteiger partial charge < -0.3 is 10.4 Å². The van der Waals surface area contributed by atoms with Crippen molar-refractivity contribution in [1.29, 1.82) is 0 Å². The summed E-state index contributed by atoms with van der Waals surface area (Å²) in [4.78, 5) is 12.9. The van der Waals surface area contributed by atoms with E-state index in [1.165, 1.54) is 11.3 Å². The molecule has 0 fully saturated rings. The Morgan fingerprint density at radius 2 is 2.16 bits per heavy atom. The molecule has 3 heterocycles. The number of carbonyl (C=O) groups is 1. The number of aliphatic hydroxyl groups excluding tert-OH is 1. The highest BCUT2D eigenvalue weighted by Gasteiger charge is 2.21. The normalized spacial score (nSPS) is 19.5. The molecule has 0 atom stereocenters. The Morgan fingerprint density at radius 3 is 3.04 bits per heavy atom. The average molecular weight is 349 g/mol. The maximum atomic E-state index is 12.3. The van der Waals surface area contributed by atoms with Crippen LogP contribution in [-0.4, -0.2) is 27.8 Å². The zero-order chi connectivity index (χ0) is 17.4. The van der Waals surface area contributed by atoms with Crippen molar-refractivity contribution in [3.05, 3.63) is 76.3 Å². The smallest absolute Gasteiger partial charge is 0.262 e. The van der Waals surface area contributed by atoms with E-state index >= 15 is 0 Å². The lowest BCUT2D eigenvalue weighted by Crippen LogP contribution is -2.23. The van der Waals surface area contributed by atoms with Crippen LogP contribution in [0.25, 0.3) is 22.0 Å². The Bertz CT molecular complexity index is 1060. The summed E-state index contributed by atoms with van der Waals surface area (Å²) in [7, 11) is 0. The number of carbonyl (C=O) groups excluding carboxylic acids is 1. The number of nitrogens with one attached hydrogen (secondary N) is 2. The number of hydrogen-bond acceptors (Lipinski definition) is 4. The lowest BCUT2D eigenvalue weighted by atomic mass is 9.91. The van der Waals surface area contributed by atoms with Crippen LogP contribution < -0.4 is 5.32 Å². The number of aromatic amines is 1. The number of aliphatic hydroxyl groups is 1. The lowest BCUT2D eigenvalue weighted by Gasteiger charge is -2.15. The zero-order valence-corrected chi connectivity index (χ0v) is 14.1. The van der Waals surface area contributed by atoms with Crippen LogP contribution in [-0.2, 0) is 0 Å². The van der Waals surface area contributed by atoms with Crippen molar-refractivity contribution in [3.63, 3.8) is 0 Å². The van der Waals surface area contributed by atoms with Gasteiger partial charge in [0.25, 0.3) is 5.91 Å². The molecule has 0 bridgehead atoms. The second kappa shape index (κ2) is 6.07. The third kappa shape index (κ3) is 2.66. The first-order chi connectivity index (χ1) is 12.1. The lowest BCUT2D eigenvalue weighted by molar-refractivity contribution is 0.0961. The molecule has 0 radical (unpaired) electrons. The molecule has 0 unspecified atom stereocenters. The molecule has 1 amide bonds. The molecule has 5 nitrogen and oxygen atoms in total. The predicted octanol–water partition coefficient (Wildman–Crippen LogP) is 3.91. The number of nitrogens with zero attached hydrogens (tertiary/aromatic N) is 1. The first kappa shape index (κ1) is 15.4. The van der Waals surface area contributed by atoms with Gasteiger partial charge in [-0.2, -0.15) is 5.10 Å². The number of thiophene rings is 1. The maximum Gasteiger partial charge on any atom is 0.262 e. The average Bonchev–Trinajstić information content (AvgIpc) is 3.26. The molecule has 4 rings (SSSR count). The van der Waals surface area contributed by atoms with Crippen molar-refractivity contribution >= 4 is 39.3 Å². The van der Waals surface area contributed by atoms with Gasteiger partial charge in [-0.25, -0.2) is 0 Å². The zero-order valence-electron chi connectivity index (χ0n) is 13.2. The number of allylic oxidation sites excluding steroid dienone is 3. The van der Waals surface area contributed by atoms with Gasteiger partial charge in [0, 0.05) is 23.1 Å². The van der Waals surface area contributed by atoms with E-state index in [2.05, 4.69) is 22.1 Å². The fourth-order valence-electron chi connectivity index (χ4n) is 2.91. The van der Waals surface area contributed by atoms with Crippen LogP contribution in [0.1, 0.15) is 20.8 Å². The second-order valence-corrected chi connectivity index (χ2v) is 6.60. The van der Waals surface area contributed by atoms with E-state index in [9.17, 15) is 9.90 Å². The van der Waals surface area contributed by atoms with E-state index in [4.69, 9.17) is 0 Å². The number of fused-ring (bicyclic) bond motifs is 2. The van der Waals surface area contributed by atoms with Crippen LogP contribution in [0.4, 0.5) is 0 Å². The minimum Gasteiger partial charge on any atom is -0.507 e. The van der Waals surface area contributed by atoms with Crippen LogP contribution in [0.3, 0.4) is 0 Å². The highest BCUT2D eigenvalue weighted by molar-refractivity contribution is 7.12. The maximum absolute atomic E-state index is 12.3. The minimum atomic E-state index is -0.138. The quantitative estimate of drug-likeness (QED) is 0.623. The minimum absolute atomic E-state index is 0.108. The summed E-state index contributed by atoms with van der Waals surface area (Å²) in [5.41, 5.74) is 3.61. The van der Waals surface area contributed by atoms with Gasteiger partial charge in [-0.3, -0.25) is 9.89 Å². The van der Waals surface area contributed by atoms with Crippen LogP contribution in [0.15, 0.2) is 60.3 Å². The summed E-state index contributed by atoms with van der Waals surface area (Å²) in [6.45, 7) is 4.51. The first-order valence-electron chi connectivity index (χ1n) is 7.74. The monoisotopic (exact) mass is 349 g/mol. The molecule has 1 aromatic carbocycles. The van der Waals surface area contributed by atoms with E-state index < -0.39 is 0 Å². The van der Waals surface area contributed by atoms with Gasteiger partial charge in [0.2, 0.25) is 0 Å². The van der Waals surface area contributed by atoms with Gasteiger partial charge in [0.1, 0.15) is 5.76 Å². The highest BCUT2D eigenvalue weighted by Crippen LogP contribution is 2.37. The van der Waals surface area contributed by atoms with Gasteiger partial charge in [-0.05, 0) is 34.7 Å². The molecular formula is C19H15N3O2S. The van der Waals surface area contributed by atoms with Gasteiger partial charge >= 0.3 is 0 Å². The number of rotatable bonds is 1. The van der Waals surface area contributed by atoms with Crippen LogP contribution >= 0.6 is 11.3 Å². The molecule has 1 aliphatic rings. The van der Waals surface area contributed by atoms with Gasteiger partial charge in [0.05, 0.1) is 16.6 Å². The molecule has 1 aliphatic heterocycles. The number of benzene rings is 1. The Kier molecular flexibility index (Phi) is 3.74. The number of hydrogen-bond donors (Lipinski definition) is 3. The number of aromatic nitrogens is 2. The topological polar surface area (TPSA) is 78.0 Å². The van der Waals surface area contributed by atoms with Crippen molar-refractivity contribution in [2.24, 2.45) is 0 Å². The van der Waals surface area contributed by atoms with Crippen molar-refractivity contribution in [2.75, 3.05) is 6.54 Å². The summed E-state index contributed by atoms with van der Waals surface area (Å²) >= 11 is 1.36. The number of amides is 1. The molecule has 3 N–H and O–H groups in total. The molecular weight excluding hydrogens is 334 g/mol. The summed E-state index contributed by atoms with van der Waals surface area (Å²) in [5, 5.41) is 23.3. The standard InChI is InChI=1S/C19H15N3O2S/c1-11-14-6-8-25-18(14)19(24)20-7-2-3-16(23)17(11)12-4-5-13-10-21-22-15(13)9-12/h2-6,8-10,23H,1,7H2,(H,20,24)(H,21,22)/b3-2-,17-16-. The Labute approximate surface area is 148 Å². The Hall–Kier alpha value is -3.12. The molecule has 124 valence electrons. The van der Waals surface area contributed by atoms with Gasteiger partial charge in [0.15, 0.2) is 0 Å². The fourth-order valence-corrected chi connectivity index (χ4v) is 3.75. The summed E-state index contributed by atoms with van der Waals surface area (Å²) in [5.74, 6) is -0.0299. The molecule has 6 heteroatoms. The molecule has 2 aromatic heterocycles. The first-order valence-corrected chi connectivity index (χ1v) is 8.62. The van der Waals surface area contributed by atoms with Crippen molar-refractivity contribution < 1.29 is 9.90 Å². The third-order valence-electron chi connectivity index (χ3n) is 4.14. The van der Waals surface area contributed by atoms with E-state index in [0.717, 1.165) is 22.0 Å². The molecule has 25 heavy (non-hydrogen) atoms. The third-order valence-corrected chi connectivity index (χ3v) is 5.05.